The molecule has 0 aliphatic carbocycles. The summed E-state index contributed by atoms with van der Waals surface area (Å²) in [5.74, 6) is 0.337. The van der Waals surface area contributed by atoms with E-state index in [0.717, 1.165) is 18.8 Å². The van der Waals surface area contributed by atoms with Crippen molar-refractivity contribution in [3.63, 3.8) is 0 Å². The van der Waals surface area contributed by atoms with E-state index in [1.54, 1.807) is 0 Å². The molecule has 1 N–H and O–H groups in total. The highest BCUT2D eigenvalue weighted by Gasteiger charge is 2.08. The maximum atomic E-state index is 10.9. The number of ether oxygens (including phenoxy) is 1. The van der Waals surface area contributed by atoms with Crippen LogP contribution in [0, 0.1) is 5.92 Å². The van der Waals surface area contributed by atoms with Gasteiger partial charge < -0.3 is 9.84 Å². The van der Waals surface area contributed by atoms with E-state index in [-0.39, 0.29) is 0 Å². The van der Waals surface area contributed by atoms with Crippen LogP contribution in [0.3, 0.4) is 0 Å². The first-order chi connectivity index (χ1) is 8.07. The molecular formula is C14H28O3. The second-order valence-electron chi connectivity index (χ2n) is 4.91. The van der Waals surface area contributed by atoms with Gasteiger partial charge in [0.05, 0.1) is 6.61 Å². The summed E-state index contributed by atoms with van der Waals surface area (Å²) in [6.07, 6.45) is 7.41. The Morgan fingerprint density at radius 2 is 1.71 bits per heavy atom. The molecule has 17 heavy (non-hydrogen) atoms. The van der Waals surface area contributed by atoms with Gasteiger partial charge >= 0.3 is 5.97 Å². The van der Waals surface area contributed by atoms with E-state index in [1.165, 1.54) is 39.0 Å². The highest BCUT2D eigenvalue weighted by atomic mass is 16.5. The van der Waals surface area contributed by atoms with Crippen molar-refractivity contribution in [2.24, 2.45) is 5.92 Å². The van der Waals surface area contributed by atoms with Gasteiger partial charge in [-0.1, -0.05) is 52.4 Å². The van der Waals surface area contributed by atoms with Gasteiger partial charge in [0.15, 0.2) is 0 Å². The van der Waals surface area contributed by atoms with E-state index in [1.807, 2.05) is 0 Å². The zero-order valence-corrected chi connectivity index (χ0v) is 11.6. The van der Waals surface area contributed by atoms with Crippen LogP contribution in [0.2, 0.25) is 0 Å². The van der Waals surface area contributed by atoms with Gasteiger partial charge in [0.2, 0.25) is 0 Å². The first-order valence-corrected chi connectivity index (χ1v) is 6.92. The summed E-state index contributed by atoms with van der Waals surface area (Å²) in [6.45, 7) is 6.41. The van der Waals surface area contributed by atoms with Crippen LogP contribution in [0.1, 0.15) is 65.7 Å². The van der Waals surface area contributed by atoms with Gasteiger partial charge in [0, 0.05) is 0 Å². The number of carbonyl (C=O) groups is 1. The fourth-order valence-corrected chi connectivity index (χ4v) is 1.62. The molecule has 0 radical (unpaired) electrons. The SMILES string of the molecule is CC[C@@H](C)CCCCCCCOC(=O)C(C)O. The Kier molecular flexibility index (Phi) is 10.2. The van der Waals surface area contributed by atoms with Gasteiger partial charge in [-0.05, 0) is 19.3 Å². The molecule has 0 spiro atoms. The lowest BCUT2D eigenvalue weighted by molar-refractivity contribution is -0.152. The van der Waals surface area contributed by atoms with Crippen LogP contribution < -0.4 is 0 Å². The van der Waals surface area contributed by atoms with E-state index < -0.39 is 12.1 Å². The zero-order chi connectivity index (χ0) is 13.1. The van der Waals surface area contributed by atoms with E-state index in [0.29, 0.717) is 6.61 Å². The Morgan fingerprint density at radius 3 is 2.29 bits per heavy atom. The maximum Gasteiger partial charge on any atom is 0.334 e. The number of aliphatic hydroxyl groups is 1. The Labute approximate surface area is 106 Å². The molecule has 0 aromatic heterocycles. The molecule has 0 fully saturated rings. The normalized spacial score (nSPS) is 14.4. The van der Waals surface area contributed by atoms with Crippen LogP contribution in [0.25, 0.3) is 0 Å². The van der Waals surface area contributed by atoms with Crippen LogP contribution in [-0.2, 0) is 9.53 Å². The second-order valence-corrected chi connectivity index (χ2v) is 4.91. The molecule has 102 valence electrons. The number of aliphatic hydroxyl groups excluding tert-OH is 1. The van der Waals surface area contributed by atoms with Crippen molar-refractivity contribution in [2.75, 3.05) is 6.61 Å². The van der Waals surface area contributed by atoms with Crippen molar-refractivity contribution in [2.45, 2.75) is 71.8 Å². The minimum atomic E-state index is -0.995. The van der Waals surface area contributed by atoms with Crippen LogP contribution >= 0.6 is 0 Å². The van der Waals surface area contributed by atoms with Crippen molar-refractivity contribution < 1.29 is 14.6 Å². The van der Waals surface area contributed by atoms with E-state index >= 15 is 0 Å². The van der Waals surface area contributed by atoms with Crippen LogP contribution in [-0.4, -0.2) is 23.8 Å². The maximum absolute atomic E-state index is 10.9. The number of hydrogen-bond acceptors (Lipinski definition) is 3. The number of hydrogen-bond donors (Lipinski definition) is 1. The number of unbranched alkanes of at least 4 members (excludes halogenated alkanes) is 4. The average molecular weight is 244 g/mol. The molecule has 0 aliphatic heterocycles. The van der Waals surface area contributed by atoms with Crippen molar-refractivity contribution in [3.05, 3.63) is 0 Å². The van der Waals surface area contributed by atoms with Crippen LogP contribution in [0.15, 0.2) is 0 Å². The monoisotopic (exact) mass is 244 g/mol. The largest absolute Gasteiger partial charge is 0.464 e. The topological polar surface area (TPSA) is 46.5 Å². The summed E-state index contributed by atoms with van der Waals surface area (Å²) in [7, 11) is 0. The quantitative estimate of drug-likeness (QED) is 0.474. The van der Waals surface area contributed by atoms with Crippen molar-refractivity contribution in [3.8, 4) is 0 Å². The second kappa shape index (κ2) is 10.6. The van der Waals surface area contributed by atoms with E-state index in [9.17, 15) is 4.79 Å². The third-order valence-corrected chi connectivity index (χ3v) is 3.12. The molecule has 0 aliphatic rings. The Balaban J connectivity index is 3.16. The molecule has 0 heterocycles. The molecule has 0 aromatic rings. The molecule has 0 aromatic carbocycles. The van der Waals surface area contributed by atoms with E-state index in [2.05, 4.69) is 13.8 Å². The van der Waals surface area contributed by atoms with Gasteiger partial charge in [0.1, 0.15) is 6.10 Å². The molecular weight excluding hydrogens is 216 g/mol. The first kappa shape index (κ1) is 16.4. The highest BCUT2D eigenvalue weighted by Crippen LogP contribution is 2.13. The van der Waals surface area contributed by atoms with Crippen molar-refractivity contribution in [1.82, 2.24) is 0 Å². The van der Waals surface area contributed by atoms with Crippen molar-refractivity contribution >= 4 is 5.97 Å². The molecule has 0 saturated heterocycles. The first-order valence-electron chi connectivity index (χ1n) is 6.92. The van der Waals surface area contributed by atoms with Gasteiger partial charge in [0.25, 0.3) is 0 Å². The van der Waals surface area contributed by atoms with Gasteiger partial charge in [-0.25, -0.2) is 4.79 Å². The predicted molar refractivity (Wildman–Crippen MR) is 69.8 cm³/mol. The summed E-state index contributed by atoms with van der Waals surface area (Å²) < 4.78 is 4.88. The summed E-state index contributed by atoms with van der Waals surface area (Å²) in [5.41, 5.74) is 0. The van der Waals surface area contributed by atoms with E-state index in [4.69, 9.17) is 9.84 Å². The lowest BCUT2D eigenvalue weighted by atomic mass is 10.0. The fourth-order valence-electron chi connectivity index (χ4n) is 1.62. The molecule has 3 heteroatoms. The summed E-state index contributed by atoms with van der Waals surface area (Å²) in [6, 6.07) is 0. The van der Waals surface area contributed by atoms with Crippen LogP contribution in [0.5, 0.6) is 0 Å². The molecule has 0 rings (SSSR count). The molecule has 2 atom stereocenters. The number of rotatable bonds is 10. The Bertz CT molecular complexity index is 190. The Hall–Kier alpha value is -0.570. The number of esters is 1. The summed E-state index contributed by atoms with van der Waals surface area (Å²) >= 11 is 0. The van der Waals surface area contributed by atoms with Gasteiger partial charge in [-0.15, -0.1) is 0 Å². The minimum absolute atomic E-state index is 0.440. The predicted octanol–water partition coefficient (Wildman–Crippen LogP) is 3.30. The van der Waals surface area contributed by atoms with Crippen molar-refractivity contribution in [1.29, 1.82) is 0 Å². The third-order valence-electron chi connectivity index (χ3n) is 3.12. The summed E-state index contributed by atoms with van der Waals surface area (Å²) in [4.78, 5) is 10.9. The smallest absolute Gasteiger partial charge is 0.334 e. The summed E-state index contributed by atoms with van der Waals surface area (Å²) in [5, 5.41) is 8.89. The van der Waals surface area contributed by atoms with Gasteiger partial charge in [-0.3, -0.25) is 0 Å². The lowest BCUT2D eigenvalue weighted by Gasteiger charge is -2.08. The molecule has 0 amide bonds. The average Bonchev–Trinajstić information content (AvgIpc) is 2.31. The fraction of sp³-hybridized carbons (Fsp3) is 0.929. The minimum Gasteiger partial charge on any atom is -0.464 e. The van der Waals surface area contributed by atoms with Gasteiger partial charge in [-0.2, -0.15) is 0 Å². The molecule has 3 nitrogen and oxygen atoms in total. The Morgan fingerprint density at radius 1 is 1.12 bits per heavy atom. The lowest BCUT2D eigenvalue weighted by Crippen LogP contribution is -2.19. The highest BCUT2D eigenvalue weighted by molar-refractivity contribution is 5.73. The molecule has 0 saturated carbocycles. The molecule has 0 bridgehead atoms. The van der Waals surface area contributed by atoms with Crippen LogP contribution in [0.4, 0.5) is 0 Å². The third kappa shape index (κ3) is 10.3. The zero-order valence-electron chi connectivity index (χ0n) is 11.6. The molecule has 1 unspecified atom stereocenters. The standard InChI is InChI=1S/C14H28O3/c1-4-12(2)10-8-6-5-7-9-11-17-14(16)13(3)15/h12-13,15H,4-11H2,1-3H3/t12-,13?/m1/s1. The number of carbonyl (C=O) groups excluding carboxylic acids is 1.